The molecule has 2 fully saturated rings. The molecule has 3 nitrogen and oxygen atoms in total. The molecule has 1 aromatic rings. The average molecular weight is 413 g/mol. The van der Waals surface area contributed by atoms with E-state index in [1.807, 2.05) is 7.05 Å². The number of nitrogens with zero attached hydrogens (tertiary/aromatic N) is 2. The van der Waals surface area contributed by atoms with Gasteiger partial charge in [-0.15, -0.1) is 24.0 Å². The average Bonchev–Trinajstić information content (AvgIpc) is 3.30. The SMILES string of the molecule is CN=C(NCC1CC1c1ccccc1)N1CCC(C)CC1.I. The quantitative estimate of drug-likeness (QED) is 0.465. The summed E-state index contributed by atoms with van der Waals surface area (Å²) in [5, 5.41) is 3.59. The summed E-state index contributed by atoms with van der Waals surface area (Å²) in [5.41, 5.74) is 1.49. The third-order valence-corrected chi connectivity index (χ3v) is 4.97. The van der Waals surface area contributed by atoms with Crippen LogP contribution in [0.1, 0.15) is 37.7 Å². The Kier molecular flexibility index (Phi) is 6.53. The Balaban J connectivity index is 0.00000176. The molecule has 2 unspecified atom stereocenters. The Labute approximate surface area is 151 Å². The second-order valence-corrected chi connectivity index (χ2v) is 6.61. The summed E-state index contributed by atoms with van der Waals surface area (Å²) < 4.78 is 0. The Morgan fingerprint density at radius 3 is 2.55 bits per heavy atom. The minimum atomic E-state index is 0. The van der Waals surface area contributed by atoms with Crippen LogP contribution >= 0.6 is 24.0 Å². The van der Waals surface area contributed by atoms with Gasteiger partial charge in [0.2, 0.25) is 0 Å². The zero-order valence-corrected chi connectivity index (χ0v) is 16.0. The fraction of sp³-hybridized carbons (Fsp3) is 0.611. The molecule has 3 rings (SSSR count). The molecule has 1 N–H and O–H groups in total. The number of nitrogens with one attached hydrogen (secondary N) is 1. The second kappa shape index (κ2) is 8.18. The Morgan fingerprint density at radius 2 is 1.91 bits per heavy atom. The van der Waals surface area contributed by atoms with E-state index in [1.165, 1.54) is 24.8 Å². The third-order valence-electron chi connectivity index (χ3n) is 4.97. The van der Waals surface area contributed by atoms with Crippen molar-refractivity contribution in [3.63, 3.8) is 0 Å². The predicted molar refractivity (Wildman–Crippen MR) is 104 cm³/mol. The number of rotatable bonds is 3. The lowest BCUT2D eigenvalue weighted by atomic mass is 10.00. The van der Waals surface area contributed by atoms with Gasteiger partial charge in [0.15, 0.2) is 5.96 Å². The summed E-state index contributed by atoms with van der Waals surface area (Å²) in [7, 11) is 1.90. The molecule has 122 valence electrons. The lowest BCUT2D eigenvalue weighted by Gasteiger charge is -2.33. The summed E-state index contributed by atoms with van der Waals surface area (Å²) in [6, 6.07) is 10.9. The normalized spacial score (nSPS) is 25.5. The van der Waals surface area contributed by atoms with Crippen molar-refractivity contribution in [1.82, 2.24) is 10.2 Å². The van der Waals surface area contributed by atoms with E-state index in [1.54, 1.807) is 0 Å². The molecule has 0 bridgehead atoms. The van der Waals surface area contributed by atoms with E-state index < -0.39 is 0 Å². The van der Waals surface area contributed by atoms with Crippen LogP contribution in [0.3, 0.4) is 0 Å². The van der Waals surface area contributed by atoms with Crippen molar-refractivity contribution in [1.29, 1.82) is 0 Å². The van der Waals surface area contributed by atoms with Gasteiger partial charge in [-0.1, -0.05) is 37.3 Å². The van der Waals surface area contributed by atoms with Crippen molar-refractivity contribution in [2.45, 2.75) is 32.1 Å². The number of halogens is 1. The molecular formula is C18H28IN3. The van der Waals surface area contributed by atoms with E-state index >= 15 is 0 Å². The topological polar surface area (TPSA) is 27.6 Å². The summed E-state index contributed by atoms with van der Waals surface area (Å²) in [6.07, 6.45) is 3.89. The molecule has 1 saturated heterocycles. The van der Waals surface area contributed by atoms with Crippen LogP contribution in [-0.4, -0.2) is 37.5 Å². The predicted octanol–water partition coefficient (Wildman–Crippen LogP) is 3.72. The molecule has 0 radical (unpaired) electrons. The number of piperidine rings is 1. The number of hydrogen-bond acceptors (Lipinski definition) is 1. The summed E-state index contributed by atoms with van der Waals surface area (Å²) in [4.78, 5) is 6.88. The van der Waals surface area contributed by atoms with Gasteiger partial charge in [0, 0.05) is 26.7 Å². The number of aliphatic imine (C=N–C) groups is 1. The monoisotopic (exact) mass is 413 g/mol. The molecule has 0 aromatic heterocycles. The lowest BCUT2D eigenvalue weighted by molar-refractivity contribution is 0.273. The smallest absolute Gasteiger partial charge is 0.193 e. The molecule has 2 aliphatic rings. The molecule has 0 spiro atoms. The minimum absolute atomic E-state index is 0. The number of likely N-dealkylation sites (tertiary alicyclic amines) is 1. The lowest BCUT2D eigenvalue weighted by Crippen LogP contribution is -2.45. The van der Waals surface area contributed by atoms with E-state index in [-0.39, 0.29) is 24.0 Å². The first-order valence-corrected chi connectivity index (χ1v) is 8.28. The maximum atomic E-state index is 4.47. The fourth-order valence-corrected chi connectivity index (χ4v) is 3.36. The van der Waals surface area contributed by atoms with Gasteiger partial charge in [0.1, 0.15) is 0 Å². The van der Waals surface area contributed by atoms with Gasteiger partial charge in [-0.2, -0.15) is 0 Å². The van der Waals surface area contributed by atoms with Crippen molar-refractivity contribution >= 4 is 29.9 Å². The third kappa shape index (κ3) is 4.37. The summed E-state index contributed by atoms with van der Waals surface area (Å²) in [5.74, 6) is 3.48. The molecule has 1 aliphatic carbocycles. The molecule has 0 amide bonds. The maximum absolute atomic E-state index is 4.47. The highest BCUT2D eigenvalue weighted by atomic mass is 127. The highest BCUT2D eigenvalue weighted by Gasteiger charge is 2.38. The zero-order valence-electron chi connectivity index (χ0n) is 13.7. The van der Waals surface area contributed by atoms with E-state index in [0.29, 0.717) is 0 Å². The maximum Gasteiger partial charge on any atom is 0.193 e. The molecule has 1 aromatic carbocycles. The van der Waals surface area contributed by atoms with Gasteiger partial charge in [-0.3, -0.25) is 4.99 Å². The van der Waals surface area contributed by atoms with E-state index in [2.05, 4.69) is 52.5 Å². The Morgan fingerprint density at radius 1 is 1.23 bits per heavy atom. The number of guanidine groups is 1. The first-order chi connectivity index (χ1) is 10.3. The van der Waals surface area contributed by atoms with Crippen molar-refractivity contribution in [2.75, 3.05) is 26.7 Å². The molecule has 2 atom stereocenters. The van der Waals surface area contributed by atoms with Crippen molar-refractivity contribution in [3.8, 4) is 0 Å². The largest absolute Gasteiger partial charge is 0.356 e. The van der Waals surface area contributed by atoms with Crippen LogP contribution in [0.15, 0.2) is 35.3 Å². The van der Waals surface area contributed by atoms with Crippen molar-refractivity contribution < 1.29 is 0 Å². The standard InChI is InChI=1S/C18H27N3.HI/c1-14-8-10-21(11-9-14)18(19-2)20-13-16-12-17(16)15-6-4-3-5-7-15;/h3-7,14,16-17H,8-13H2,1-2H3,(H,19,20);1H. The van der Waals surface area contributed by atoms with Gasteiger partial charge < -0.3 is 10.2 Å². The molecule has 22 heavy (non-hydrogen) atoms. The van der Waals surface area contributed by atoms with Crippen molar-refractivity contribution in [3.05, 3.63) is 35.9 Å². The van der Waals surface area contributed by atoms with E-state index in [9.17, 15) is 0 Å². The highest BCUT2D eigenvalue weighted by molar-refractivity contribution is 14.0. The zero-order chi connectivity index (χ0) is 14.7. The van der Waals surface area contributed by atoms with Crippen LogP contribution < -0.4 is 5.32 Å². The van der Waals surface area contributed by atoms with Crippen LogP contribution in [-0.2, 0) is 0 Å². The summed E-state index contributed by atoms with van der Waals surface area (Å²) in [6.45, 7) is 5.70. The number of hydrogen-bond donors (Lipinski definition) is 1. The number of benzene rings is 1. The van der Waals surface area contributed by atoms with Gasteiger partial charge in [0.05, 0.1) is 0 Å². The first-order valence-electron chi connectivity index (χ1n) is 8.28. The van der Waals surface area contributed by atoms with Gasteiger partial charge in [-0.25, -0.2) is 0 Å². The van der Waals surface area contributed by atoms with Crippen LogP contribution in [0.4, 0.5) is 0 Å². The fourth-order valence-electron chi connectivity index (χ4n) is 3.36. The highest BCUT2D eigenvalue weighted by Crippen LogP contribution is 2.46. The van der Waals surface area contributed by atoms with Gasteiger partial charge in [-0.05, 0) is 42.6 Å². The Hall–Kier alpha value is -0.780. The van der Waals surface area contributed by atoms with Gasteiger partial charge in [0.25, 0.3) is 0 Å². The van der Waals surface area contributed by atoms with E-state index in [4.69, 9.17) is 0 Å². The Bertz CT molecular complexity index is 480. The first kappa shape index (κ1) is 17.6. The van der Waals surface area contributed by atoms with Crippen molar-refractivity contribution in [2.24, 2.45) is 16.8 Å². The molecule has 1 heterocycles. The summed E-state index contributed by atoms with van der Waals surface area (Å²) >= 11 is 0. The van der Waals surface area contributed by atoms with Crippen LogP contribution in [0, 0.1) is 11.8 Å². The minimum Gasteiger partial charge on any atom is -0.356 e. The molecular weight excluding hydrogens is 385 g/mol. The second-order valence-electron chi connectivity index (χ2n) is 6.61. The van der Waals surface area contributed by atoms with Crippen LogP contribution in [0.5, 0.6) is 0 Å². The van der Waals surface area contributed by atoms with Crippen LogP contribution in [0.2, 0.25) is 0 Å². The van der Waals surface area contributed by atoms with Crippen LogP contribution in [0.25, 0.3) is 0 Å². The molecule has 4 heteroatoms. The molecule has 1 saturated carbocycles. The van der Waals surface area contributed by atoms with Gasteiger partial charge >= 0.3 is 0 Å². The molecule has 1 aliphatic heterocycles. The van der Waals surface area contributed by atoms with E-state index in [0.717, 1.165) is 43.3 Å².